The summed E-state index contributed by atoms with van der Waals surface area (Å²) in [6.07, 6.45) is -19.4. The lowest BCUT2D eigenvalue weighted by Crippen LogP contribution is -2.61. The quantitative estimate of drug-likeness (QED) is 0.228. The molecule has 1 unspecified atom stereocenters. The molecule has 0 N–H and O–H groups in total. The molecule has 0 spiro atoms. The summed E-state index contributed by atoms with van der Waals surface area (Å²) in [5.41, 5.74) is 0. The van der Waals surface area contributed by atoms with Crippen LogP contribution >= 0.6 is 0 Å². The highest BCUT2D eigenvalue weighted by molar-refractivity contribution is 5.81. The summed E-state index contributed by atoms with van der Waals surface area (Å²) in [6, 6.07) is 0. The van der Waals surface area contributed by atoms with Gasteiger partial charge >= 0.3 is 41.8 Å². The summed E-state index contributed by atoms with van der Waals surface area (Å²) < 4.78 is 183. The molecule has 0 rings (SSSR count). The molecule has 0 radical (unpaired) electrons. The number of halogens is 14. The summed E-state index contributed by atoms with van der Waals surface area (Å²) in [4.78, 5) is 10.5. The zero-order valence-electron chi connectivity index (χ0n) is 13.6. The third-order valence-corrected chi connectivity index (χ3v) is 3.33. The Labute approximate surface area is 152 Å². The highest BCUT2D eigenvalue weighted by Crippen LogP contribution is 2.55. The fourth-order valence-corrected chi connectivity index (χ4v) is 1.63. The first-order valence-corrected chi connectivity index (χ1v) is 6.98. The van der Waals surface area contributed by atoms with E-state index in [4.69, 9.17) is 0 Å². The van der Waals surface area contributed by atoms with Crippen LogP contribution in [0.1, 0.15) is 19.3 Å². The van der Waals surface area contributed by atoms with Crippen molar-refractivity contribution in [2.75, 3.05) is 0 Å². The second-order valence-corrected chi connectivity index (χ2v) is 5.52. The van der Waals surface area contributed by atoms with Crippen LogP contribution in [0.25, 0.3) is 0 Å². The molecule has 0 aliphatic carbocycles. The summed E-state index contributed by atoms with van der Waals surface area (Å²) in [6.45, 7) is 2.70. The molecule has 1 atom stereocenters. The molecule has 0 aromatic rings. The van der Waals surface area contributed by atoms with Crippen molar-refractivity contribution in [2.45, 2.75) is 61.4 Å². The molecule has 172 valence electrons. The highest BCUT2D eigenvalue weighted by Gasteiger charge is 2.81. The number of hydrogen-bond acceptors (Lipinski definition) is 2. The molecule has 0 saturated carbocycles. The number of rotatable bonds is 10. The molecule has 2 nitrogen and oxygen atoms in total. The maximum absolute atomic E-state index is 13.4. The second-order valence-electron chi connectivity index (χ2n) is 5.52. The standard InChI is InChI=1S/C13H10F14O2/c1-2-7(28)29-6(14)5-10(19,20)8(15,16)3-4-9(17,18)11(21,22)12(23,24)13(25,26)27/h2,6H,1,3-5H2. The Bertz CT molecular complexity index is 595. The molecule has 0 aliphatic heterocycles. The Hall–Kier alpha value is -1.77. The van der Waals surface area contributed by atoms with E-state index in [9.17, 15) is 66.3 Å². The first-order chi connectivity index (χ1) is 12.6. The van der Waals surface area contributed by atoms with Crippen molar-refractivity contribution in [1.82, 2.24) is 0 Å². The van der Waals surface area contributed by atoms with Gasteiger partial charge in [-0.25, -0.2) is 9.18 Å². The van der Waals surface area contributed by atoms with Gasteiger partial charge in [-0.15, -0.1) is 0 Å². The van der Waals surface area contributed by atoms with Crippen LogP contribution in [0.5, 0.6) is 0 Å². The Morgan fingerprint density at radius 1 is 0.759 bits per heavy atom. The highest BCUT2D eigenvalue weighted by atomic mass is 19.4. The first-order valence-electron chi connectivity index (χ1n) is 6.98. The molecule has 0 aromatic carbocycles. The number of hydrogen-bond donors (Lipinski definition) is 0. The molecule has 0 aliphatic rings. The maximum atomic E-state index is 13.4. The summed E-state index contributed by atoms with van der Waals surface area (Å²) in [5, 5.41) is 0. The van der Waals surface area contributed by atoms with E-state index in [0.717, 1.165) is 0 Å². The van der Waals surface area contributed by atoms with E-state index < -0.39 is 67.4 Å². The average Bonchev–Trinajstić information content (AvgIpc) is 2.50. The fourth-order valence-electron chi connectivity index (χ4n) is 1.63. The molecular weight excluding hydrogens is 454 g/mol. The van der Waals surface area contributed by atoms with Crippen molar-refractivity contribution in [3.05, 3.63) is 12.7 Å². The molecule has 16 heteroatoms. The fraction of sp³-hybridized carbons (Fsp3) is 0.769. The molecule has 0 aromatic heterocycles. The minimum atomic E-state index is -7.38. The monoisotopic (exact) mass is 464 g/mol. The van der Waals surface area contributed by atoms with Gasteiger partial charge in [-0.2, -0.15) is 57.1 Å². The SMILES string of the molecule is C=CC(=O)OC(F)CC(F)(F)C(F)(F)CCC(F)(F)C(F)(F)C(F)(F)C(F)(F)F. The van der Waals surface area contributed by atoms with Gasteiger partial charge in [0.05, 0.1) is 6.42 Å². The van der Waals surface area contributed by atoms with Gasteiger partial charge in [-0.1, -0.05) is 6.58 Å². The molecule has 0 fully saturated rings. The Balaban J connectivity index is 5.43. The van der Waals surface area contributed by atoms with Gasteiger partial charge in [0, 0.05) is 18.9 Å². The van der Waals surface area contributed by atoms with Crippen LogP contribution in [0.4, 0.5) is 61.5 Å². The minimum absolute atomic E-state index is 0.228. The number of esters is 1. The van der Waals surface area contributed by atoms with Gasteiger partial charge in [-0.3, -0.25) is 0 Å². The summed E-state index contributed by atoms with van der Waals surface area (Å²) in [5.74, 6) is -34.3. The third kappa shape index (κ3) is 5.65. The van der Waals surface area contributed by atoms with Gasteiger partial charge < -0.3 is 4.74 Å². The van der Waals surface area contributed by atoms with E-state index in [1.807, 2.05) is 0 Å². The van der Waals surface area contributed by atoms with Crippen molar-refractivity contribution in [3.8, 4) is 0 Å². The third-order valence-electron chi connectivity index (χ3n) is 3.33. The lowest BCUT2D eigenvalue weighted by molar-refractivity contribution is -0.398. The Kier molecular flexibility index (Phi) is 7.66. The van der Waals surface area contributed by atoms with Gasteiger partial charge in [0.2, 0.25) is 6.36 Å². The predicted molar refractivity (Wildman–Crippen MR) is 65.8 cm³/mol. The van der Waals surface area contributed by atoms with Crippen LogP contribution < -0.4 is 0 Å². The first kappa shape index (κ1) is 27.2. The van der Waals surface area contributed by atoms with E-state index in [1.165, 1.54) is 0 Å². The lowest BCUT2D eigenvalue weighted by atomic mass is 9.95. The van der Waals surface area contributed by atoms with Crippen molar-refractivity contribution in [1.29, 1.82) is 0 Å². The van der Waals surface area contributed by atoms with Crippen LogP contribution in [-0.2, 0) is 9.53 Å². The minimum Gasteiger partial charge on any atom is -0.428 e. The molecule has 0 heterocycles. The van der Waals surface area contributed by atoms with Crippen molar-refractivity contribution in [2.24, 2.45) is 0 Å². The number of ether oxygens (including phenoxy) is 1. The molecular formula is C13H10F14O2. The van der Waals surface area contributed by atoms with E-state index >= 15 is 0 Å². The van der Waals surface area contributed by atoms with Gasteiger partial charge in [-0.05, 0) is 0 Å². The smallest absolute Gasteiger partial charge is 0.428 e. The summed E-state index contributed by atoms with van der Waals surface area (Å²) in [7, 11) is 0. The zero-order chi connectivity index (χ0) is 23.7. The van der Waals surface area contributed by atoms with Crippen LogP contribution in [0.2, 0.25) is 0 Å². The Morgan fingerprint density at radius 2 is 1.17 bits per heavy atom. The summed E-state index contributed by atoms with van der Waals surface area (Å²) >= 11 is 0. The second kappa shape index (κ2) is 8.16. The number of alkyl halides is 14. The molecule has 29 heavy (non-hydrogen) atoms. The number of carbonyl (C=O) groups excluding carboxylic acids is 1. The van der Waals surface area contributed by atoms with Crippen LogP contribution in [-0.4, -0.2) is 48.1 Å². The van der Waals surface area contributed by atoms with E-state index in [1.54, 1.807) is 0 Å². The lowest BCUT2D eigenvalue weighted by Gasteiger charge is -2.35. The van der Waals surface area contributed by atoms with Gasteiger partial charge in [0.25, 0.3) is 0 Å². The van der Waals surface area contributed by atoms with E-state index in [2.05, 4.69) is 11.3 Å². The van der Waals surface area contributed by atoms with Crippen LogP contribution in [0.15, 0.2) is 12.7 Å². The largest absolute Gasteiger partial charge is 0.460 e. The predicted octanol–water partition coefficient (Wildman–Crippen LogP) is 5.92. The van der Waals surface area contributed by atoms with E-state index in [-0.39, 0.29) is 6.08 Å². The molecule has 0 amide bonds. The Morgan fingerprint density at radius 3 is 1.55 bits per heavy atom. The van der Waals surface area contributed by atoms with Crippen LogP contribution in [0, 0.1) is 0 Å². The van der Waals surface area contributed by atoms with Gasteiger partial charge in [0.15, 0.2) is 0 Å². The normalized spacial score (nSPS) is 15.8. The van der Waals surface area contributed by atoms with Crippen molar-refractivity contribution in [3.63, 3.8) is 0 Å². The van der Waals surface area contributed by atoms with Crippen LogP contribution in [0.3, 0.4) is 0 Å². The van der Waals surface area contributed by atoms with Gasteiger partial charge in [0.1, 0.15) is 0 Å². The zero-order valence-corrected chi connectivity index (χ0v) is 13.6. The average molecular weight is 464 g/mol. The van der Waals surface area contributed by atoms with E-state index in [0.29, 0.717) is 0 Å². The maximum Gasteiger partial charge on any atom is 0.460 e. The van der Waals surface area contributed by atoms with Crippen molar-refractivity contribution < 1.29 is 71.0 Å². The van der Waals surface area contributed by atoms with Crippen molar-refractivity contribution >= 4 is 5.97 Å². The number of carbonyl (C=O) groups is 1. The molecule has 0 bridgehead atoms. The topological polar surface area (TPSA) is 26.3 Å². The molecule has 0 saturated heterocycles.